The number of aromatic nitrogens is 2. The lowest BCUT2D eigenvalue weighted by atomic mass is 9.89. The van der Waals surface area contributed by atoms with Gasteiger partial charge in [0.25, 0.3) is 0 Å². The Morgan fingerprint density at radius 1 is 1.03 bits per heavy atom. The molecule has 156 valence electrons. The molecular formula is C26H37N3. The molecule has 0 N–H and O–H groups in total. The van der Waals surface area contributed by atoms with Gasteiger partial charge in [0, 0.05) is 53.5 Å². The first-order valence-electron chi connectivity index (χ1n) is 11.3. The van der Waals surface area contributed by atoms with Crippen LogP contribution in [0.15, 0.2) is 24.9 Å². The van der Waals surface area contributed by atoms with Crippen molar-refractivity contribution in [3.8, 4) is 0 Å². The standard InChI is InChI=1S/C23H29N3.C3H8/c1-5-21-17(4)25-16(3)13-22(21)26-10-8-19(9-11-26)23-15(2)12-20(14-24-23)18-6-7-18;1-3-2/h5,12-14,18-19H,1,6-11H2,2-4H3;3H2,1-2H3. The summed E-state index contributed by atoms with van der Waals surface area (Å²) in [6, 6.07) is 4.59. The summed E-state index contributed by atoms with van der Waals surface area (Å²) in [4.78, 5) is 12.0. The molecule has 3 heteroatoms. The zero-order valence-corrected chi connectivity index (χ0v) is 19.0. The maximum Gasteiger partial charge on any atom is 0.0476 e. The van der Waals surface area contributed by atoms with Gasteiger partial charge in [-0.15, -0.1) is 0 Å². The zero-order valence-electron chi connectivity index (χ0n) is 19.0. The molecule has 4 rings (SSSR count). The van der Waals surface area contributed by atoms with Crippen LogP contribution >= 0.6 is 0 Å². The molecular weight excluding hydrogens is 354 g/mol. The lowest BCUT2D eigenvalue weighted by molar-refractivity contribution is 0.494. The van der Waals surface area contributed by atoms with Crippen molar-refractivity contribution in [1.29, 1.82) is 0 Å². The first kappa shape index (κ1) is 21.5. The summed E-state index contributed by atoms with van der Waals surface area (Å²) in [5, 5.41) is 0. The molecule has 1 aliphatic heterocycles. The van der Waals surface area contributed by atoms with E-state index in [0.29, 0.717) is 5.92 Å². The quantitative estimate of drug-likeness (QED) is 0.579. The van der Waals surface area contributed by atoms with E-state index in [9.17, 15) is 0 Å². The summed E-state index contributed by atoms with van der Waals surface area (Å²) < 4.78 is 0. The van der Waals surface area contributed by atoms with E-state index in [1.54, 1.807) is 0 Å². The Morgan fingerprint density at radius 3 is 2.24 bits per heavy atom. The van der Waals surface area contributed by atoms with Crippen molar-refractivity contribution in [3.63, 3.8) is 0 Å². The fourth-order valence-electron chi connectivity index (χ4n) is 4.40. The van der Waals surface area contributed by atoms with Gasteiger partial charge in [0.2, 0.25) is 0 Å². The predicted octanol–water partition coefficient (Wildman–Crippen LogP) is 6.72. The predicted molar refractivity (Wildman–Crippen MR) is 125 cm³/mol. The molecule has 1 saturated carbocycles. The Labute approximate surface area is 177 Å². The summed E-state index contributed by atoms with van der Waals surface area (Å²) in [5.41, 5.74) is 8.77. The minimum absolute atomic E-state index is 0.579. The highest BCUT2D eigenvalue weighted by Gasteiger charge is 2.27. The average Bonchev–Trinajstić information content (AvgIpc) is 3.53. The number of anilines is 1. The lowest BCUT2D eigenvalue weighted by Crippen LogP contribution is -2.34. The number of piperidine rings is 1. The maximum absolute atomic E-state index is 4.88. The second-order valence-electron chi connectivity index (χ2n) is 8.70. The lowest BCUT2D eigenvalue weighted by Gasteiger charge is -2.35. The third kappa shape index (κ3) is 5.07. The van der Waals surface area contributed by atoms with E-state index in [1.807, 2.05) is 6.08 Å². The average molecular weight is 392 g/mol. The Hall–Kier alpha value is -2.16. The number of hydrogen-bond donors (Lipinski definition) is 0. The highest BCUT2D eigenvalue weighted by molar-refractivity contribution is 5.69. The molecule has 0 atom stereocenters. The van der Waals surface area contributed by atoms with Crippen LogP contribution in [-0.4, -0.2) is 23.1 Å². The van der Waals surface area contributed by atoms with Crippen molar-refractivity contribution in [2.75, 3.05) is 18.0 Å². The number of aryl methyl sites for hydroxylation is 3. The molecule has 2 fully saturated rings. The summed E-state index contributed by atoms with van der Waals surface area (Å²) in [5.74, 6) is 1.36. The van der Waals surface area contributed by atoms with Crippen molar-refractivity contribution >= 4 is 11.8 Å². The Balaban J connectivity index is 0.000000755. The first-order chi connectivity index (χ1) is 14.0. The van der Waals surface area contributed by atoms with Gasteiger partial charge in [-0.1, -0.05) is 39.0 Å². The number of pyridine rings is 2. The molecule has 2 aliphatic rings. The molecule has 0 spiro atoms. The molecule has 2 aromatic rings. The molecule has 0 bridgehead atoms. The molecule has 0 unspecified atom stereocenters. The normalized spacial score (nSPS) is 16.9. The Bertz CT molecular complexity index is 843. The fourth-order valence-corrected chi connectivity index (χ4v) is 4.40. The molecule has 29 heavy (non-hydrogen) atoms. The van der Waals surface area contributed by atoms with Gasteiger partial charge >= 0.3 is 0 Å². The SMILES string of the molecule is C=Cc1c(N2CCC(c3ncc(C4CC4)cc3C)CC2)cc(C)nc1C.CCC. The van der Waals surface area contributed by atoms with E-state index in [2.05, 4.69) is 69.4 Å². The Morgan fingerprint density at radius 2 is 1.69 bits per heavy atom. The minimum Gasteiger partial charge on any atom is -0.371 e. The molecule has 3 nitrogen and oxygen atoms in total. The van der Waals surface area contributed by atoms with Crippen LogP contribution in [0.25, 0.3) is 6.08 Å². The van der Waals surface area contributed by atoms with E-state index >= 15 is 0 Å². The molecule has 0 amide bonds. The zero-order chi connectivity index (χ0) is 21.0. The van der Waals surface area contributed by atoms with Gasteiger partial charge in [0.05, 0.1) is 0 Å². The van der Waals surface area contributed by atoms with E-state index in [-0.39, 0.29) is 0 Å². The second kappa shape index (κ2) is 9.56. The van der Waals surface area contributed by atoms with Crippen molar-refractivity contribution in [2.45, 2.75) is 78.6 Å². The highest BCUT2D eigenvalue weighted by atomic mass is 15.1. The van der Waals surface area contributed by atoms with E-state index in [0.717, 1.165) is 43.2 Å². The van der Waals surface area contributed by atoms with Crippen molar-refractivity contribution < 1.29 is 0 Å². The van der Waals surface area contributed by atoms with Crippen LogP contribution in [0.3, 0.4) is 0 Å². The van der Waals surface area contributed by atoms with Crippen LogP contribution in [0.2, 0.25) is 0 Å². The molecule has 1 aliphatic carbocycles. The molecule has 0 aromatic carbocycles. The number of nitrogens with zero attached hydrogens (tertiary/aromatic N) is 3. The van der Waals surface area contributed by atoms with Gasteiger partial charge in [0.1, 0.15) is 0 Å². The van der Waals surface area contributed by atoms with Gasteiger partial charge in [-0.25, -0.2) is 0 Å². The van der Waals surface area contributed by atoms with E-state index in [1.165, 1.54) is 47.3 Å². The van der Waals surface area contributed by atoms with Crippen LogP contribution in [0.5, 0.6) is 0 Å². The fraction of sp³-hybridized carbons (Fsp3) is 0.538. The van der Waals surface area contributed by atoms with Gasteiger partial charge in [-0.2, -0.15) is 0 Å². The maximum atomic E-state index is 4.88. The smallest absolute Gasteiger partial charge is 0.0476 e. The van der Waals surface area contributed by atoms with Gasteiger partial charge in [-0.3, -0.25) is 9.97 Å². The second-order valence-corrected chi connectivity index (χ2v) is 8.70. The highest BCUT2D eigenvalue weighted by Crippen LogP contribution is 2.41. The van der Waals surface area contributed by atoms with Crippen molar-refractivity contribution in [2.24, 2.45) is 0 Å². The number of hydrogen-bond acceptors (Lipinski definition) is 3. The van der Waals surface area contributed by atoms with Crippen LogP contribution in [-0.2, 0) is 0 Å². The molecule has 2 aromatic heterocycles. The van der Waals surface area contributed by atoms with Gasteiger partial charge in [0.15, 0.2) is 0 Å². The molecule has 1 saturated heterocycles. The van der Waals surface area contributed by atoms with Crippen LogP contribution in [0.1, 0.15) is 91.6 Å². The summed E-state index contributed by atoms with van der Waals surface area (Å²) in [6.45, 7) is 16.8. The van der Waals surface area contributed by atoms with Crippen molar-refractivity contribution in [3.05, 3.63) is 58.7 Å². The minimum atomic E-state index is 0.579. The monoisotopic (exact) mass is 391 g/mol. The van der Waals surface area contributed by atoms with E-state index < -0.39 is 0 Å². The third-order valence-electron chi connectivity index (χ3n) is 5.97. The van der Waals surface area contributed by atoms with Crippen LogP contribution in [0.4, 0.5) is 5.69 Å². The molecule has 0 radical (unpaired) electrons. The summed E-state index contributed by atoms with van der Waals surface area (Å²) >= 11 is 0. The Kier molecular flexibility index (Phi) is 7.10. The van der Waals surface area contributed by atoms with Crippen LogP contribution in [0, 0.1) is 20.8 Å². The topological polar surface area (TPSA) is 29.0 Å². The summed E-state index contributed by atoms with van der Waals surface area (Å²) in [7, 11) is 0. The third-order valence-corrected chi connectivity index (χ3v) is 5.97. The largest absolute Gasteiger partial charge is 0.371 e. The summed E-state index contributed by atoms with van der Waals surface area (Å²) in [6.07, 6.45) is 10.3. The van der Waals surface area contributed by atoms with Crippen molar-refractivity contribution in [1.82, 2.24) is 9.97 Å². The van der Waals surface area contributed by atoms with E-state index in [4.69, 9.17) is 4.98 Å². The molecule has 3 heterocycles. The first-order valence-corrected chi connectivity index (χ1v) is 11.3. The van der Waals surface area contributed by atoms with Gasteiger partial charge in [-0.05, 0) is 69.6 Å². The number of rotatable bonds is 4. The van der Waals surface area contributed by atoms with Gasteiger partial charge < -0.3 is 4.90 Å². The van der Waals surface area contributed by atoms with Crippen LogP contribution < -0.4 is 4.90 Å².